The summed E-state index contributed by atoms with van der Waals surface area (Å²) in [6.45, 7) is 7.73. The first-order valence-electron chi connectivity index (χ1n) is 18.7. The highest BCUT2D eigenvalue weighted by atomic mass is 16.2. The number of carbonyl (C=O) groups excluding carboxylic acids is 4. The fourth-order valence-corrected chi connectivity index (χ4v) is 5.54. The number of amides is 4. The average Bonchev–Trinajstić information content (AvgIpc) is 3.01. The number of nitrogens with two attached hydrogens (primary N) is 1. The van der Waals surface area contributed by atoms with E-state index in [1.54, 1.807) is 0 Å². The minimum atomic E-state index is -0.476. The average molecular weight is 654 g/mol. The molecule has 0 fully saturated rings. The summed E-state index contributed by atoms with van der Waals surface area (Å²) in [5.41, 5.74) is 5.53. The molecule has 0 radical (unpaired) electrons. The van der Waals surface area contributed by atoms with Gasteiger partial charge in [0.1, 0.15) is 12.1 Å². The summed E-state index contributed by atoms with van der Waals surface area (Å²) in [5.74, 6) is -0.329. The summed E-state index contributed by atoms with van der Waals surface area (Å²) >= 11 is 0. The fraction of sp³-hybridized carbons (Fsp3) is 0.892. The molecule has 0 aromatic carbocycles. The van der Waals surface area contributed by atoms with Crippen LogP contribution in [0, 0.1) is 0 Å². The Kier molecular flexibility index (Phi) is 34.2. The van der Waals surface area contributed by atoms with Gasteiger partial charge >= 0.3 is 0 Å². The molecule has 2 unspecified atom stereocenters. The van der Waals surface area contributed by atoms with Gasteiger partial charge in [-0.3, -0.25) is 19.2 Å². The van der Waals surface area contributed by atoms with E-state index >= 15 is 0 Å². The lowest BCUT2D eigenvalue weighted by molar-refractivity contribution is -0.129. The van der Waals surface area contributed by atoms with E-state index in [0.717, 1.165) is 83.5 Å². The molecule has 9 heteroatoms. The number of hydrogen-bond acceptors (Lipinski definition) is 5. The monoisotopic (exact) mass is 654 g/mol. The molecule has 0 heterocycles. The summed E-state index contributed by atoms with van der Waals surface area (Å²) in [6, 6.07) is -0.890. The van der Waals surface area contributed by atoms with E-state index in [1.807, 2.05) is 0 Å². The van der Waals surface area contributed by atoms with Gasteiger partial charge in [0, 0.05) is 26.4 Å². The number of rotatable bonds is 32. The van der Waals surface area contributed by atoms with Crippen LogP contribution in [0.4, 0.5) is 0 Å². The molecule has 0 aliphatic rings. The van der Waals surface area contributed by atoms with Gasteiger partial charge in [0.2, 0.25) is 23.6 Å². The molecule has 0 aliphatic heterocycles. The second-order valence-electron chi connectivity index (χ2n) is 12.8. The highest BCUT2D eigenvalue weighted by Gasteiger charge is 2.20. The molecular formula is C37H75N5O4. The molecule has 46 heavy (non-hydrogen) atoms. The van der Waals surface area contributed by atoms with Gasteiger partial charge in [-0.05, 0) is 51.5 Å². The normalized spacial score (nSPS) is 12.1. The van der Waals surface area contributed by atoms with E-state index in [-0.39, 0.29) is 31.1 Å². The van der Waals surface area contributed by atoms with Crippen molar-refractivity contribution in [1.29, 1.82) is 0 Å². The second-order valence-corrected chi connectivity index (χ2v) is 12.8. The van der Waals surface area contributed by atoms with Crippen LogP contribution in [0.3, 0.4) is 0 Å². The maximum Gasteiger partial charge on any atom is 0.242 e. The molecule has 0 aromatic heterocycles. The number of nitrogens with one attached hydrogen (secondary N) is 4. The Morgan fingerprint density at radius 2 is 0.913 bits per heavy atom. The van der Waals surface area contributed by atoms with Crippen LogP contribution in [-0.4, -0.2) is 55.3 Å². The Hall–Kier alpha value is -2.16. The molecule has 0 rings (SSSR count). The van der Waals surface area contributed by atoms with E-state index in [1.165, 1.54) is 58.3 Å². The van der Waals surface area contributed by atoms with E-state index < -0.39 is 12.1 Å². The van der Waals surface area contributed by atoms with Crippen molar-refractivity contribution in [3.63, 3.8) is 0 Å². The maximum atomic E-state index is 12.8. The first kappa shape index (κ1) is 46.0. The van der Waals surface area contributed by atoms with Gasteiger partial charge < -0.3 is 27.0 Å². The molecular weight excluding hydrogens is 578 g/mol. The van der Waals surface area contributed by atoms with Crippen molar-refractivity contribution >= 4 is 23.6 Å². The van der Waals surface area contributed by atoms with Crippen LogP contribution in [0.5, 0.6) is 0 Å². The van der Waals surface area contributed by atoms with Crippen molar-refractivity contribution in [3.8, 4) is 0 Å². The first-order chi connectivity index (χ1) is 21.8. The van der Waals surface area contributed by atoms with Gasteiger partial charge in [0.25, 0.3) is 0 Å². The molecule has 4 amide bonds. The van der Waals surface area contributed by atoms with Crippen LogP contribution in [-0.2, 0) is 19.2 Å². The quantitative estimate of drug-likeness (QED) is 0.0488. The third-order valence-electron chi connectivity index (χ3n) is 8.35. The van der Waals surface area contributed by atoms with Crippen LogP contribution in [0.1, 0.15) is 182 Å². The zero-order valence-electron chi connectivity index (χ0n) is 29.5. The third-order valence-corrected chi connectivity index (χ3v) is 8.35. The van der Waals surface area contributed by atoms with E-state index in [0.29, 0.717) is 38.9 Å². The predicted molar refractivity (Wildman–Crippen MR) is 193 cm³/mol. The lowest BCUT2D eigenvalue weighted by atomic mass is 10.0. The van der Waals surface area contributed by atoms with Gasteiger partial charge in [0.05, 0.1) is 0 Å². The van der Waals surface area contributed by atoms with Crippen molar-refractivity contribution in [2.75, 3.05) is 19.6 Å². The Bertz CT molecular complexity index is 749. The first-order valence-corrected chi connectivity index (χ1v) is 18.7. The lowest BCUT2D eigenvalue weighted by Gasteiger charge is -2.18. The Morgan fingerprint density at radius 1 is 0.522 bits per heavy atom. The van der Waals surface area contributed by atoms with Crippen LogP contribution >= 0.6 is 0 Å². The molecule has 0 spiro atoms. The van der Waals surface area contributed by atoms with Crippen molar-refractivity contribution in [2.45, 2.75) is 194 Å². The van der Waals surface area contributed by atoms with Crippen molar-refractivity contribution in [1.82, 2.24) is 21.3 Å². The van der Waals surface area contributed by atoms with Crippen molar-refractivity contribution in [3.05, 3.63) is 0 Å². The van der Waals surface area contributed by atoms with Crippen molar-refractivity contribution in [2.24, 2.45) is 5.73 Å². The zero-order chi connectivity index (χ0) is 33.4. The minimum Gasteiger partial charge on any atom is -0.354 e. The van der Waals surface area contributed by atoms with Gasteiger partial charge in [0.15, 0.2) is 0 Å². The summed E-state index contributed by atoms with van der Waals surface area (Å²) < 4.78 is 0. The third kappa shape index (κ3) is 29.3. The van der Waals surface area contributed by atoms with Crippen LogP contribution in [0.2, 0.25) is 0 Å². The summed E-state index contributed by atoms with van der Waals surface area (Å²) in [4.78, 5) is 49.2. The molecule has 0 saturated heterocycles. The number of hydrogen-bond donors (Lipinski definition) is 5. The Balaban J connectivity index is 0. The number of unbranched alkanes of at least 4 members (excludes halogenated alkanes) is 17. The molecule has 0 saturated carbocycles. The van der Waals surface area contributed by atoms with Crippen LogP contribution in [0.25, 0.3) is 0 Å². The summed E-state index contributed by atoms with van der Waals surface area (Å²) in [7, 11) is 0. The SMILES string of the molecule is C.CCCCCCCCCNC(=O)C(CCCCC)NC(=O)CCCCCCCCCCCNC(=O)C(CCCCN)NC(C)=O. The van der Waals surface area contributed by atoms with Crippen LogP contribution < -0.4 is 27.0 Å². The van der Waals surface area contributed by atoms with Crippen LogP contribution in [0.15, 0.2) is 0 Å². The highest BCUT2D eigenvalue weighted by Crippen LogP contribution is 2.12. The predicted octanol–water partition coefficient (Wildman–Crippen LogP) is 7.21. The molecule has 0 aromatic rings. The fourth-order valence-electron chi connectivity index (χ4n) is 5.54. The molecule has 272 valence electrons. The maximum absolute atomic E-state index is 12.8. The highest BCUT2D eigenvalue weighted by molar-refractivity contribution is 5.87. The Morgan fingerprint density at radius 3 is 1.37 bits per heavy atom. The van der Waals surface area contributed by atoms with E-state index in [2.05, 4.69) is 35.1 Å². The van der Waals surface area contributed by atoms with Gasteiger partial charge in [-0.15, -0.1) is 0 Å². The van der Waals surface area contributed by atoms with Gasteiger partial charge in [-0.25, -0.2) is 0 Å². The molecule has 9 nitrogen and oxygen atoms in total. The number of carbonyl (C=O) groups is 4. The molecule has 2 atom stereocenters. The van der Waals surface area contributed by atoms with Gasteiger partial charge in [-0.1, -0.05) is 124 Å². The molecule has 0 aliphatic carbocycles. The smallest absolute Gasteiger partial charge is 0.242 e. The summed E-state index contributed by atoms with van der Waals surface area (Å²) in [6.07, 6.45) is 24.8. The zero-order valence-corrected chi connectivity index (χ0v) is 29.5. The van der Waals surface area contributed by atoms with Gasteiger partial charge in [-0.2, -0.15) is 0 Å². The minimum absolute atomic E-state index is 0. The Labute approximate surface area is 283 Å². The van der Waals surface area contributed by atoms with E-state index in [9.17, 15) is 19.2 Å². The molecule has 6 N–H and O–H groups in total. The molecule has 0 bridgehead atoms. The largest absolute Gasteiger partial charge is 0.354 e. The topological polar surface area (TPSA) is 142 Å². The second kappa shape index (κ2) is 34.2. The van der Waals surface area contributed by atoms with Crippen molar-refractivity contribution < 1.29 is 19.2 Å². The van der Waals surface area contributed by atoms with E-state index in [4.69, 9.17) is 5.73 Å². The summed E-state index contributed by atoms with van der Waals surface area (Å²) in [5, 5.41) is 11.8. The lowest BCUT2D eigenvalue weighted by Crippen LogP contribution is -2.46. The standard InChI is InChI=1S/C36H71N5O4.CH4/c1-4-6-8-9-14-17-23-30-39-36(45)33(25-19-7-5-2)41-34(43)27-20-16-13-11-10-12-15-18-24-29-38-35(44)32(40-31(3)42)26-21-22-28-37;/h32-33H,4-30,37H2,1-3H3,(H,38,44)(H,39,45)(H,40,42)(H,41,43);1H4.